The third kappa shape index (κ3) is 3.22. The Morgan fingerprint density at radius 2 is 1.83 bits per heavy atom. The van der Waals surface area contributed by atoms with Crippen LogP contribution >= 0.6 is 0 Å². The highest BCUT2D eigenvalue weighted by Gasteiger charge is 2.09. The van der Waals surface area contributed by atoms with Gasteiger partial charge < -0.3 is 15.7 Å². The molecule has 0 saturated heterocycles. The standard InChI is InChI=1S/C16H12N4O4/c17-15(21)11-6-4-10(5-7-11)12-2-1-3-13(8-12)24-20-9-14(16(22)23)18-19-20/h1-9H,(H2,17,21)(H,22,23). The van der Waals surface area contributed by atoms with E-state index in [1.54, 1.807) is 42.5 Å². The van der Waals surface area contributed by atoms with E-state index in [0.29, 0.717) is 11.3 Å². The number of aromatic nitrogens is 3. The molecule has 8 heteroatoms. The predicted molar refractivity (Wildman–Crippen MR) is 83.4 cm³/mol. The van der Waals surface area contributed by atoms with E-state index in [2.05, 4.69) is 10.3 Å². The number of rotatable bonds is 5. The zero-order valence-electron chi connectivity index (χ0n) is 12.3. The second-order valence-electron chi connectivity index (χ2n) is 4.87. The number of aromatic carboxylic acids is 1. The summed E-state index contributed by atoms with van der Waals surface area (Å²) in [7, 11) is 0. The van der Waals surface area contributed by atoms with Gasteiger partial charge in [-0.2, -0.15) is 0 Å². The van der Waals surface area contributed by atoms with Crippen LogP contribution in [0, 0.1) is 0 Å². The molecule has 0 radical (unpaired) electrons. The lowest BCUT2D eigenvalue weighted by Gasteiger charge is -2.07. The number of benzene rings is 2. The zero-order chi connectivity index (χ0) is 17.1. The topological polar surface area (TPSA) is 120 Å². The van der Waals surface area contributed by atoms with Crippen molar-refractivity contribution < 1.29 is 19.5 Å². The minimum Gasteiger partial charge on any atom is -0.476 e. The summed E-state index contributed by atoms with van der Waals surface area (Å²) in [6, 6.07) is 13.9. The first kappa shape index (κ1) is 15.2. The Bertz CT molecular complexity index is 902. The first-order valence-corrected chi connectivity index (χ1v) is 6.87. The van der Waals surface area contributed by atoms with E-state index < -0.39 is 11.9 Å². The number of hydrogen-bond acceptors (Lipinski definition) is 5. The zero-order valence-corrected chi connectivity index (χ0v) is 12.3. The normalized spacial score (nSPS) is 10.3. The van der Waals surface area contributed by atoms with Crippen molar-refractivity contribution in [2.75, 3.05) is 0 Å². The molecule has 0 unspecified atom stereocenters. The van der Waals surface area contributed by atoms with Gasteiger partial charge in [0.2, 0.25) is 5.91 Å². The summed E-state index contributed by atoms with van der Waals surface area (Å²) in [6.45, 7) is 0. The van der Waals surface area contributed by atoms with E-state index in [9.17, 15) is 9.59 Å². The van der Waals surface area contributed by atoms with Crippen LogP contribution in [-0.4, -0.2) is 32.1 Å². The highest BCUT2D eigenvalue weighted by atomic mass is 16.7. The Balaban J connectivity index is 1.83. The molecule has 3 aromatic rings. The van der Waals surface area contributed by atoms with E-state index in [1.807, 2.05) is 6.07 Å². The number of nitrogens with two attached hydrogens (primary N) is 1. The molecule has 1 amide bonds. The Hall–Kier alpha value is -3.68. The summed E-state index contributed by atoms with van der Waals surface area (Å²) in [4.78, 5) is 28.3. The van der Waals surface area contributed by atoms with Gasteiger partial charge in [0.05, 0.1) is 0 Å². The van der Waals surface area contributed by atoms with Gasteiger partial charge >= 0.3 is 5.97 Å². The van der Waals surface area contributed by atoms with E-state index >= 15 is 0 Å². The number of primary amides is 1. The van der Waals surface area contributed by atoms with Crippen LogP contribution in [-0.2, 0) is 0 Å². The molecule has 2 aromatic carbocycles. The van der Waals surface area contributed by atoms with E-state index in [-0.39, 0.29) is 5.69 Å². The van der Waals surface area contributed by atoms with Crippen LogP contribution < -0.4 is 10.6 Å². The van der Waals surface area contributed by atoms with Crippen LogP contribution in [0.2, 0.25) is 0 Å². The molecule has 0 bridgehead atoms. The summed E-state index contributed by atoms with van der Waals surface area (Å²) in [6.07, 6.45) is 1.16. The van der Waals surface area contributed by atoms with Crippen molar-refractivity contribution in [3.63, 3.8) is 0 Å². The van der Waals surface area contributed by atoms with Crippen LogP contribution in [0.3, 0.4) is 0 Å². The van der Waals surface area contributed by atoms with Crippen molar-refractivity contribution >= 4 is 11.9 Å². The van der Waals surface area contributed by atoms with Crippen molar-refractivity contribution in [2.45, 2.75) is 0 Å². The van der Waals surface area contributed by atoms with Crippen LogP contribution in [0.15, 0.2) is 54.7 Å². The second-order valence-corrected chi connectivity index (χ2v) is 4.87. The van der Waals surface area contributed by atoms with E-state index in [1.165, 1.54) is 0 Å². The molecule has 1 aromatic heterocycles. The number of carbonyl (C=O) groups excluding carboxylic acids is 1. The molecule has 0 aliphatic rings. The molecule has 1 heterocycles. The van der Waals surface area contributed by atoms with E-state index in [0.717, 1.165) is 22.2 Å². The largest absolute Gasteiger partial charge is 0.476 e. The van der Waals surface area contributed by atoms with Gasteiger partial charge in [-0.05, 0) is 40.6 Å². The summed E-state index contributed by atoms with van der Waals surface area (Å²) in [5.74, 6) is -1.22. The number of amides is 1. The van der Waals surface area contributed by atoms with Gasteiger partial charge in [0.15, 0.2) is 11.4 Å². The Labute approximate surface area is 136 Å². The van der Waals surface area contributed by atoms with Gasteiger partial charge in [-0.25, -0.2) is 4.79 Å². The lowest BCUT2D eigenvalue weighted by Crippen LogP contribution is -2.10. The summed E-state index contributed by atoms with van der Waals surface area (Å²) >= 11 is 0. The smallest absolute Gasteiger partial charge is 0.358 e. The summed E-state index contributed by atoms with van der Waals surface area (Å²) < 4.78 is 0. The highest BCUT2D eigenvalue weighted by molar-refractivity contribution is 5.93. The van der Waals surface area contributed by atoms with Crippen LogP contribution in [0.25, 0.3) is 11.1 Å². The molecule has 3 N–H and O–H groups in total. The number of hydrogen-bond donors (Lipinski definition) is 2. The molecule has 8 nitrogen and oxygen atoms in total. The number of nitrogens with zero attached hydrogens (tertiary/aromatic N) is 3. The van der Waals surface area contributed by atoms with E-state index in [4.69, 9.17) is 15.7 Å². The molecule has 120 valence electrons. The number of carboxylic acids is 1. The number of carbonyl (C=O) groups is 2. The average molecular weight is 324 g/mol. The lowest BCUT2D eigenvalue weighted by molar-refractivity contribution is 0.0689. The fourth-order valence-electron chi connectivity index (χ4n) is 2.06. The van der Waals surface area contributed by atoms with Gasteiger partial charge in [0.25, 0.3) is 0 Å². The van der Waals surface area contributed by atoms with Crippen molar-refractivity contribution in [2.24, 2.45) is 5.73 Å². The maximum absolute atomic E-state index is 11.1. The van der Waals surface area contributed by atoms with Crippen LogP contribution in [0.4, 0.5) is 0 Å². The SMILES string of the molecule is NC(=O)c1ccc(-c2cccc(On3cc(C(=O)O)nn3)c2)cc1. The molecule has 0 aliphatic heterocycles. The maximum Gasteiger partial charge on any atom is 0.358 e. The minimum absolute atomic E-state index is 0.215. The minimum atomic E-state index is -1.19. The molecule has 24 heavy (non-hydrogen) atoms. The molecule has 0 fully saturated rings. The third-order valence-electron chi connectivity index (χ3n) is 3.23. The van der Waals surface area contributed by atoms with Gasteiger partial charge in [0.1, 0.15) is 6.20 Å². The quantitative estimate of drug-likeness (QED) is 0.735. The van der Waals surface area contributed by atoms with Crippen LogP contribution in [0.1, 0.15) is 20.8 Å². The fraction of sp³-hybridized carbons (Fsp3) is 0. The Morgan fingerprint density at radius 3 is 2.46 bits per heavy atom. The molecule has 3 rings (SSSR count). The molecule has 0 aliphatic carbocycles. The van der Waals surface area contributed by atoms with Crippen molar-refractivity contribution in [1.82, 2.24) is 15.2 Å². The van der Waals surface area contributed by atoms with Crippen molar-refractivity contribution in [3.05, 3.63) is 66.0 Å². The first-order valence-electron chi connectivity index (χ1n) is 6.87. The van der Waals surface area contributed by atoms with Crippen molar-refractivity contribution in [1.29, 1.82) is 0 Å². The van der Waals surface area contributed by atoms with Gasteiger partial charge in [0, 0.05) is 5.56 Å². The maximum atomic E-state index is 11.1. The first-order chi connectivity index (χ1) is 11.5. The fourth-order valence-corrected chi connectivity index (χ4v) is 2.06. The molecular weight excluding hydrogens is 312 g/mol. The number of carboxylic acid groups (broad SMARTS) is 1. The van der Waals surface area contributed by atoms with Gasteiger partial charge in [-0.15, -0.1) is 5.10 Å². The lowest BCUT2D eigenvalue weighted by atomic mass is 10.0. The monoisotopic (exact) mass is 324 g/mol. The Kier molecular flexibility index (Phi) is 3.94. The molecule has 0 spiro atoms. The van der Waals surface area contributed by atoms with Crippen molar-refractivity contribution in [3.8, 4) is 16.9 Å². The second kappa shape index (κ2) is 6.21. The molecule has 0 atom stereocenters. The van der Waals surface area contributed by atoms with Gasteiger partial charge in [-0.1, -0.05) is 29.1 Å². The summed E-state index contributed by atoms with van der Waals surface area (Å²) in [5, 5.41) is 15.9. The summed E-state index contributed by atoms with van der Waals surface area (Å²) in [5.41, 5.74) is 7.15. The molecule has 0 saturated carbocycles. The highest BCUT2D eigenvalue weighted by Crippen LogP contribution is 2.24. The average Bonchev–Trinajstić information content (AvgIpc) is 3.04. The van der Waals surface area contributed by atoms with Gasteiger partial charge in [-0.3, -0.25) is 4.79 Å². The van der Waals surface area contributed by atoms with Crippen LogP contribution in [0.5, 0.6) is 5.75 Å². The predicted octanol–water partition coefficient (Wildman–Crippen LogP) is 1.58. The third-order valence-corrected chi connectivity index (χ3v) is 3.23. The Morgan fingerprint density at radius 1 is 1.08 bits per heavy atom. The molecular formula is C16H12N4O4.